The Morgan fingerprint density at radius 3 is 2.41 bits per heavy atom. The predicted octanol–water partition coefficient (Wildman–Crippen LogP) is 4.62. The standard InChI is InChI=1S/C16H33N/c1-5-12-17-16(13(3)4)15-9-7-8-14(6-2)10-11-15/h13-17H,5-12H2,1-4H3. The molecule has 0 aromatic carbocycles. The van der Waals surface area contributed by atoms with Gasteiger partial charge in [-0.25, -0.2) is 0 Å². The Morgan fingerprint density at radius 1 is 1.06 bits per heavy atom. The lowest BCUT2D eigenvalue weighted by atomic mass is 9.84. The lowest BCUT2D eigenvalue weighted by molar-refractivity contribution is 0.256. The van der Waals surface area contributed by atoms with Gasteiger partial charge < -0.3 is 5.32 Å². The van der Waals surface area contributed by atoms with E-state index in [9.17, 15) is 0 Å². The summed E-state index contributed by atoms with van der Waals surface area (Å²) in [5.74, 6) is 2.72. The molecule has 1 heteroatoms. The predicted molar refractivity (Wildman–Crippen MR) is 77.3 cm³/mol. The summed E-state index contributed by atoms with van der Waals surface area (Å²) >= 11 is 0. The van der Waals surface area contributed by atoms with E-state index >= 15 is 0 Å². The fourth-order valence-corrected chi connectivity index (χ4v) is 3.43. The first-order valence-electron chi connectivity index (χ1n) is 7.92. The highest BCUT2D eigenvalue weighted by Gasteiger charge is 2.26. The van der Waals surface area contributed by atoms with Crippen molar-refractivity contribution >= 4 is 0 Å². The number of nitrogens with one attached hydrogen (secondary N) is 1. The maximum atomic E-state index is 3.80. The number of rotatable bonds is 6. The summed E-state index contributed by atoms with van der Waals surface area (Å²) in [5.41, 5.74) is 0. The van der Waals surface area contributed by atoms with E-state index in [0.29, 0.717) is 0 Å². The molecule has 0 heterocycles. The van der Waals surface area contributed by atoms with Crippen LogP contribution in [0.15, 0.2) is 0 Å². The molecule has 0 radical (unpaired) electrons. The van der Waals surface area contributed by atoms with E-state index in [4.69, 9.17) is 0 Å². The van der Waals surface area contributed by atoms with Crippen molar-refractivity contribution in [3.63, 3.8) is 0 Å². The maximum absolute atomic E-state index is 3.80. The van der Waals surface area contributed by atoms with Crippen LogP contribution in [0.2, 0.25) is 0 Å². The molecule has 17 heavy (non-hydrogen) atoms. The van der Waals surface area contributed by atoms with Crippen molar-refractivity contribution in [2.75, 3.05) is 6.54 Å². The van der Waals surface area contributed by atoms with Gasteiger partial charge in [-0.2, -0.15) is 0 Å². The molecule has 1 aliphatic rings. The van der Waals surface area contributed by atoms with E-state index in [0.717, 1.165) is 23.8 Å². The van der Waals surface area contributed by atoms with Crippen LogP contribution >= 0.6 is 0 Å². The van der Waals surface area contributed by atoms with Crippen LogP contribution in [0.5, 0.6) is 0 Å². The molecule has 3 unspecified atom stereocenters. The molecule has 102 valence electrons. The maximum Gasteiger partial charge on any atom is 0.0118 e. The van der Waals surface area contributed by atoms with Gasteiger partial charge in [0.25, 0.3) is 0 Å². The monoisotopic (exact) mass is 239 g/mol. The molecular formula is C16H33N. The van der Waals surface area contributed by atoms with Gasteiger partial charge in [-0.3, -0.25) is 0 Å². The van der Waals surface area contributed by atoms with Crippen molar-refractivity contribution in [1.29, 1.82) is 0 Å². The Kier molecular flexibility index (Phi) is 7.18. The highest BCUT2D eigenvalue weighted by Crippen LogP contribution is 2.32. The van der Waals surface area contributed by atoms with Gasteiger partial charge in [-0.1, -0.05) is 53.4 Å². The summed E-state index contributed by atoms with van der Waals surface area (Å²) in [7, 11) is 0. The minimum atomic E-state index is 0.755. The van der Waals surface area contributed by atoms with Crippen LogP contribution in [-0.4, -0.2) is 12.6 Å². The molecule has 1 nitrogen and oxygen atoms in total. The first-order chi connectivity index (χ1) is 8.19. The quantitative estimate of drug-likeness (QED) is 0.667. The molecule has 1 N–H and O–H groups in total. The van der Waals surface area contributed by atoms with E-state index in [1.165, 1.54) is 51.5 Å². The zero-order chi connectivity index (χ0) is 12.7. The minimum absolute atomic E-state index is 0.755. The third kappa shape index (κ3) is 4.99. The summed E-state index contributed by atoms with van der Waals surface area (Å²) in [6.07, 6.45) is 9.97. The van der Waals surface area contributed by atoms with Crippen molar-refractivity contribution in [3.05, 3.63) is 0 Å². The molecule has 0 bridgehead atoms. The molecule has 0 spiro atoms. The molecule has 0 aromatic heterocycles. The molecule has 1 aliphatic carbocycles. The highest BCUT2D eigenvalue weighted by atomic mass is 14.9. The second kappa shape index (κ2) is 8.13. The molecule has 1 fully saturated rings. The van der Waals surface area contributed by atoms with Crippen LogP contribution in [0.25, 0.3) is 0 Å². The van der Waals surface area contributed by atoms with Gasteiger partial charge in [-0.15, -0.1) is 0 Å². The van der Waals surface area contributed by atoms with E-state index in [1.807, 2.05) is 0 Å². The van der Waals surface area contributed by atoms with E-state index < -0.39 is 0 Å². The van der Waals surface area contributed by atoms with Crippen LogP contribution in [0.3, 0.4) is 0 Å². The van der Waals surface area contributed by atoms with Crippen molar-refractivity contribution in [2.45, 2.75) is 78.7 Å². The summed E-state index contributed by atoms with van der Waals surface area (Å²) in [6, 6.07) is 0.755. The summed E-state index contributed by atoms with van der Waals surface area (Å²) in [5, 5.41) is 3.80. The minimum Gasteiger partial charge on any atom is -0.313 e. The smallest absolute Gasteiger partial charge is 0.0118 e. The zero-order valence-electron chi connectivity index (χ0n) is 12.5. The second-order valence-corrected chi connectivity index (χ2v) is 6.27. The van der Waals surface area contributed by atoms with Crippen molar-refractivity contribution in [1.82, 2.24) is 5.32 Å². The highest BCUT2D eigenvalue weighted by molar-refractivity contribution is 4.82. The normalized spacial score (nSPS) is 28.1. The largest absolute Gasteiger partial charge is 0.313 e. The van der Waals surface area contributed by atoms with Crippen LogP contribution in [0.1, 0.15) is 72.6 Å². The Morgan fingerprint density at radius 2 is 1.82 bits per heavy atom. The molecule has 1 rings (SSSR count). The first kappa shape index (κ1) is 15.0. The van der Waals surface area contributed by atoms with E-state index in [-0.39, 0.29) is 0 Å². The fourth-order valence-electron chi connectivity index (χ4n) is 3.43. The topological polar surface area (TPSA) is 12.0 Å². The number of hydrogen-bond acceptors (Lipinski definition) is 1. The summed E-state index contributed by atoms with van der Waals surface area (Å²) in [6.45, 7) is 10.6. The number of hydrogen-bond donors (Lipinski definition) is 1. The van der Waals surface area contributed by atoms with Gasteiger partial charge in [0.2, 0.25) is 0 Å². The average Bonchev–Trinajstić information content (AvgIpc) is 2.54. The van der Waals surface area contributed by atoms with Crippen molar-refractivity contribution in [3.8, 4) is 0 Å². The molecule has 0 aromatic rings. The van der Waals surface area contributed by atoms with Gasteiger partial charge in [0.05, 0.1) is 0 Å². The van der Waals surface area contributed by atoms with Gasteiger partial charge in [0, 0.05) is 6.04 Å². The summed E-state index contributed by atoms with van der Waals surface area (Å²) in [4.78, 5) is 0. The van der Waals surface area contributed by atoms with Crippen LogP contribution in [-0.2, 0) is 0 Å². The Labute approximate surface area is 109 Å². The lowest BCUT2D eigenvalue weighted by Gasteiger charge is -2.30. The van der Waals surface area contributed by atoms with E-state index in [2.05, 4.69) is 33.0 Å². The van der Waals surface area contributed by atoms with E-state index in [1.54, 1.807) is 0 Å². The van der Waals surface area contributed by atoms with Gasteiger partial charge in [0.15, 0.2) is 0 Å². The Balaban J connectivity index is 2.49. The molecule has 1 saturated carbocycles. The van der Waals surface area contributed by atoms with Gasteiger partial charge >= 0.3 is 0 Å². The van der Waals surface area contributed by atoms with Gasteiger partial charge in [-0.05, 0) is 43.6 Å². The lowest BCUT2D eigenvalue weighted by Crippen LogP contribution is -2.40. The molecule has 0 aliphatic heterocycles. The second-order valence-electron chi connectivity index (χ2n) is 6.27. The average molecular weight is 239 g/mol. The van der Waals surface area contributed by atoms with Crippen molar-refractivity contribution < 1.29 is 0 Å². The molecule has 0 amide bonds. The Hall–Kier alpha value is -0.0400. The molecule has 3 atom stereocenters. The third-order valence-corrected chi connectivity index (χ3v) is 4.57. The third-order valence-electron chi connectivity index (χ3n) is 4.57. The Bertz CT molecular complexity index is 188. The van der Waals surface area contributed by atoms with Gasteiger partial charge in [0.1, 0.15) is 0 Å². The molecular weight excluding hydrogens is 206 g/mol. The van der Waals surface area contributed by atoms with Crippen LogP contribution in [0.4, 0.5) is 0 Å². The summed E-state index contributed by atoms with van der Waals surface area (Å²) < 4.78 is 0. The van der Waals surface area contributed by atoms with Crippen LogP contribution < -0.4 is 5.32 Å². The fraction of sp³-hybridized carbons (Fsp3) is 1.00. The van der Waals surface area contributed by atoms with Crippen molar-refractivity contribution in [2.24, 2.45) is 17.8 Å². The molecule has 0 saturated heterocycles. The first-order valence-corrected chi connectivity index (χ1v) is 7.92. The zero-order valence-corrected chi connectivity index (χ0v) is 12.5. The van der Waals surface area contributed by atoms with Crippen LogP contribution in [0, 0.1) is 17.8 Å². The SMILES string of the molecule is CCCNC(C(C)C)C1CCCC(CC)CC1.